The van der Waals surface area contributed by atoms with Crippen LogP contribution in [0.2, 0.25) is 31.2 Å². The summed E-state index contributed by atoms with van der Waals surface area (Å²) >= 11 is 0. The molecule has 0 spiro atoms. The topological polar surface area (TPSA) is 43.1 Å². The van der Waals surface area contributed by atoms with E-state index in [2.05, 4.69) is 72.1 Å². The van der Waals surface area contributed by atoms with Crippen molar-refractivity contribution in [1.82, 2.24) is 0 Å². The maximum Gasteiger partial charge on any atom is 0.221 e. The Morgan fingerprint density at radius 3 is 2.30 bits per heavy atom. The smallest absolute Gasteiger partial charge is 0.221 e. The van der Waals surface area contributed by atoms with E-state index in [4.69, 9.17) is 5.73 Å². The minimum Gasteiger partial charge on any atom is -0.369 e. The van der Waals surface area contributed by atoms with Gasteiger partial charge in [0.1, 0.15) is 0 Å². The molecule has 4 unspecified atom stereocenters. The molecule has 0 radical (unpaired) electrons. The first-order valence-corrected chi connectivity index (χ1v) is 18.9. The molecule has 1 saturated heterocycles. The summed E-state index contributed by atoms with van der Waals surface area (Å²) in [5.41, 5.74) is 14.0. The number of carbonyl (C=O) groups is 1. The van der Waals surface area contributed by atoms with Crippen LogP contribution in [0.15, 0.2) is 17.7 Å². The third-order valence-corrected chi connectivity index (χ3v) is 31.8. The Morgan fingerprint density at radius 1 is 1.07 bits per heavy atom. The largest absolute Gasteiger partial charge is 0.369 e. The highest BCUT2D eigenvalue weighted by Crippen LogP contribution is 2.85. The van der Waals surface area contributed by atoms with Gasteiger partial charge in [-0.15, -0.1) is 0 Å². The fourth-order valence-electron chi connectivity index (χ4n) is 9.22. The summed E-state index contributed by atoms with van der Waals surface area (Å²) in [6, 6.07) is 4.99. The minimum absolute atomic E-state index is 0.0499. The molecule has 2 nitrogen and oxygen atoms in total. The molecule has 4 aliphatic rings. The van der Waals surface area contributed by atoms with Gasteiger partial charge in [0.2, 0.25) is 5.91 Å². The normalized spacial score (nSPS) is 37.4. The van der Waals surface area contributed by atoms with Gasteiger partial charge in [0, 0.05) is 5.04 Å². The van der Waals surface area contributed by atoms with E-state index in [0.29, 0.717) is 11.8 Å². The van der Waals surface area contributed by atoms with Crippen molar-refractivity contribution in [2.24, 2.45) is 17.6 Å². The summed E-state index contributed by atoms with van der Waals surface area (Å²) in [6.07, 6.45) is 7.20. The van der Waals surface area contributed by atoms with Crippen LogP contribution >= 0.6 is 0 Å². The molecule has 1 heterocycles. The van der Waals surface area contributed by atoms with Crippen LogP contribution in [0, 0.1) is 11.8 Å². The van der Waals surface area contributed by atoms with E-state index in [1.165, 1.54) is 41.5 Å². The molecular formula is C26H39NOSi2. The van der Waals surface area contributed by atoms with Crippen molar-refractivity contribution in [3.63, 3.8) is 0 Å². The molecule has 30 heavy (non-hydrogen) atoms. The number of amides is 1. The number of rotatable bonds is 2. The zero-order chi connectivity index (χ0) is 22.1. The molecule has 4 heteroatoms. The van der Waals surface area contributed by atoms with Crippen LogP contribution in [0.25, 0.3) is 6.08 Å². The summed E-state index contributed by atoms with van der Waals surface area (Å²) in [7, 11) is -3.52. The summed E-state index contributed by atoms with van der Waals surface area (Å²) in [5, 5.41) is -0.187. The summed E-state index contributed by atoms with van der Waals surface area (Å²) in [6.45, 7) is 19.6. The lowest BCUT2D eigenvalue weighted by molar-refractivity contribution is -0.124. The number of nitrogens with two attached hydrogens (primary N) is 1. The molecule has 1 aliphatic heterocycles. The third kappa shape index (κ3) is 1.88. The number of hydrogen-bond acceptors (Lipinski definition) is 1. The van der Waals surface area contributed by atoms with Gasteiger partial charge in [0.05, 0.1) is 20.2 Å². The predicted octanol–water partition coefficient (Wildman–Crippen LogP) is 5.88. The Bertz CT molecular complexity index is 1010. The molecule has 2 bridgehead atoms. The predicted molar refractivity (Wildman–Crippen MR) is 132 cm³/mol. The van der Waals surface area contributed by atoms with Crippen LogP contribution in [0.1, 0.15) is 69.2 Å². The van der Waals surface area contributed by atoms with Gasteiger partial charge in [-0.2, -0.15) is 0 Å². The van der Waals surface area contributed by atoms with E-state index >= 15 is 0 Å². The monoisotopic (exact) mass is 437 g/mol. The molecule has 1 aromatic carbocycles. The first kappa shape index (κ1) is 20.7. The number of allylic oxidation sites excluding steroid dienone is 1. The maximum atomic E-state index is 13.6. The summed E-state index contributed by atoms with van der Waals surface area (Å²) in [4.78, 5) is 13.6. The Balaban J connectivity index is 1.89. The van der Waals surface area contributed by atoms with Gasteiger partial charge in [0.25, 0.3) is 0 Å². The lowest BCUT2D eigenvalue weighted by Gasteiger charge is -2.78. The van der Waals surface area contributed by atoms with E-state index in [1.54, 1.807) is 5.56 Å². The van der Waals surface area contributed by atoms with Gasteiger partial charge in [-0.1, -0.05) is 70.7 Å². The SMILES string of the molecule is CC1=Cc2cc(C(C)(C)C)cc(C34C5CCC(C5)C3(C(N)=O)[Si](C)(C)[Si]4(C)C)c2C1. The van der Waals surface area contributed by atoms with Gasteiger partial charge in [-0.05, 0) is 72.1 Å². The van der Waals surface area contributed by atoms with Crippen molar-refractivity contribution < 1.29 is 4.79 Å². The molecule has 1 amide bonds. The van der Waals surface area contributed by atoms with E-state index in [-0.39, 0.29) is 21.4 Å². The van der Waals surface area contributed by atoms with Crippen molar-refractivity contribution in [2.75, 3.05) is 0 Å². The third-order valence-electron chi connectivity index (χ3n) is 10.6. The Morgan fingerprint density at radius 2 is 1.70 bits per heavy atom. The van der Waals surface area contributed by atoms with Crippen LogP contribution in [-0.4, -0.2) is 21.1 Å². The van der Waals surface area contributed by atoms with Crippen LogP contribution in [0.3, 0.4) is 0 Å². The Hall–Kier alpha value is -1.14. The van der Waals surface area contributed by atoms with Crippen LogP contribution in [-0.2, 0) is 21.7 Å². The first-order valence-electron chi connectivity index (χ1n) is 11.9. The summed E-state index contributed by atoms with van der Waals surface area (Å²) < 4.78 is 0. The number of hydrogen-bond donors (Lipinski definition) is 1. The van der Waals surface area contributed by atoms with E-state index < -0.39 is 15.2 Å². The quantitative estimate of drug-likeness (QED) is 0.576. The Labute approximate surface area is 184 Å². The van der Waals surface area contributed by atoms with Crippen molar-refractivity contribution in [3.05, 3.63) is 40.0 Å². The van der Waals surface area contributed by atoms with Crippen LogP contribution < -0.4 is 5.73 Å². The van der Waals surface area contributed by atoms with Crippen molar-refractivity contribution in [2.45, 2.75) is 95.1 Å². The molecule has 3 fully saturated rings. The highest BCUT2D eigenvalue weighted by atomic mass is 29.3. The fourth-order valence-corrected chi connectivity index (χ4v) is 28.0. The molecule has 3 aliphatic carbocycles. The van der Waals surface area contributed by atoms with Crippen molar-refractivity contribution in [1.29, 1.82) is 0 Å². The maximum absolute atomic E-state index is 13.6. The molecule has 2 N–H and O–H groups in total. The molecule has 4 atom stereocenters. The molecule has 2 saturated carbocycles. The minimum atomic E-state index is -1.80. The highest BCUT2D eigenvalue weighted by molar-refractivity contribution is 7.48. The second-order valence-corrected chi connectivity index (χ2v) is 28.5. The average molecular weight is 438 g/mol. The average Bonchev–Trinajstić information content (AvgIpc) is 3.29. The van der Waals surface area contributed by atoms with E-state index in [9.17, 15) is 4.79 Å². The van der Waals surface area contributed by atoms with E-state index in [1.807, 2.05) is 0 Å². The number of benzene rings is 1. The van der Waals surface area contributed by atoms with Crippen LogP contribution in [0.5, 0.6) is 0 Å². The second kappa shape index (κ2) is 5.61. The number of fused-ring (bicyclic) bond motifs is 6. The van der Waals surface area contributed by atoms with Gasteiger partial charge < -0.3 is 5.73 Å². The first-order chi connectivity index (χ1) is 13.7. The number of carbonyl (C=O) groups excluding carboxylic acids is 1. The van der Waals surface area contributed by atoms with Crippen molar-refractivity contribution in [3.8, 4) is 0 Å². The van der Waals surface area contributed by atoms with Crippen LogP contribution in [0.4, 0.5) is 0 Å². The lowest BCUT2D eigenvalue weighted by atomic mass is 9.69. The van der Waals surface area contributed by atoms with Gasteiger partial charge in [0.15, 0.2) is 0 Å². The zero-order valence-electron chi connectivity index (χ0n) is 20.2. The van der Waals surface area contributed by atoms with Gasteiger partial charge >= 0.3 is 0 Å². The zero-order valence-corrected chi connectivity index (χ0v) is 22.2. The molecule has 0 aromatic heterocycles. The van der Waals surface area contributed by atoms with Gasteiger partial charge in [-0.3, -0.25) is 4.79 Å². The second-order valence-electron chi connectivity index (χ2n) is 12.9. The van der Waals surface area contributed by atoms with Gasteiger partial charge in [-0.25, -0.2) is 0 Å². The summed E-state index contributed by atoms with van der Waals surface area (Å²) in [5.74, 6) is 1.22. The number of primary amides is 1. The Kier molecular flexibility index (Phi) is 3.88. The fraction of sp³-hybridized carbons (Fsp3) is 0.654. The molecule has 162 valence electrons. The lowest BCUT2D eigenvalue weighted by Crippen LogP contribution is -2.92. The molecule has 5 rings (SSSR count). The van der Waals surface area contributed by atoms with Crippen molar-refractivity contribution >= 4 is 27.2 Å². The highest BCUT2D eigenvalue weighted by Gasteiger charge is 2.91. The van der Waals surface area contributed by atoms with E-state index in [0.717, 1.165) is 6.42 Å². The molecule has 1 aromatic rings. The molecular weight excluding hydrogens is 398 g/mol. The standard InChI is InChI=1S/C26H39NOSi2/c1-16-11-17-13-20(24(2,3)4)15-22(21(17)12-16)25-18-9-10-19(14-18)26(25,23(27)28)30(7,8)29(25,5)6/h11,13,15,18-19H,9-10,12,14H2,1-8H3,(H2,27,28).